The Kier molecular flexibility index (Phi) is 4.58. The van der Waals surface area contributed by atoms with Crippen molar-refractivity contribution in [3.05, 3.63) is 0 Å². The maximum absolute atomic E-state index is 5.52. The van der Waals surface area contributed by atoms with Crippen molar-refractivity contribution in [2.75, 3.05) is 32.8 Å². The lowest BCUT2D eigenvalue weighted by Gasteiger charge is -2.23. The Morgan fingerprint density at radius 2 is 2.42 bits per heavy atom. The molecule has 0 aromatic carbocycles. The maximum atomic E-state index is 5.52. The van der Waals surface area contributed by atoms with Crippen LogP contribution >= 0.6 is 0 Å². The normalized spacial score (nSPS) is 25.0. The van der Waals surface area contributed by atoms with Crippen LogP contribution in [0.4, 0.5) is 0 Å². The maximum Gasteiger partial charge on any atom is 0.0621 e. The molecule has 1 aliphatic heterocycles. The molecule has 3 nitrogen and oxygen atoms in total. The summed E-state index contributed by atoms with van der Waals surface area (Å²) in [5, 5.41) is 0. The smallest absolute Gasteiger partial charge is 0.0621 e. The van der Waals surface area contributed by atoms with E-state index in [1.165, 1.54) is 19.4 Å². The average molecular weight is 172 g/mol. The predicted molar refractivity (Wildman–Crippen MR) is 50.1 cm³/mol. The summed E-state index contributed by atoms with van der Waals surface area (Å²) < 4.78 is 5.41. The summed E-state index contributed by atoms with van der Waals surface area (Å²) in [6, 6.07) is 0.633. The molecule has 1 fully saturated rings. The van der Waals surface area contributed by atoms with Crippen LogP contribution in [0.5, 0.6) is 0 Å². The van der Waals surface area contributed by atoms with Gasteiger partial charge in [-0.2, -0.15) is 0 Å². The van der Waals surface area contributed by atoms with Crippen molar-refractivity contribution in [1.29, 1.82) is 0 Å². The Bertz CT molecular complexity index is 119. The van der Waals surface area contributed by atoms with Crippen molar-refractivity contribution in [2.45, 2.75) is 25.8 Å². The highest BCUT2D eigenvalue weighted by atomic mass is 16.5. The van der Waals surface area contributed by atoms with Gasteiger partial charge < -0.3 is 10.5 Å². The van der Waals surface area contributed by atoms with Crippen molar-refractivity contribution in [3.63, 3.8) is 0 Å². The molecule has 0 saturated carbocycles. The minimum atomic E-state index is 0.633. The Balaban J connectivity index is 2.20. The van der Waals surface area contributed by atoms with Gasteiger partial charge in [-0.15, -0.1) is 0 Å². The van der Waals surface area contributed by atoms with Crippen LogP contribution in [0.3, 0.4) is 0 Å². The van der Waals surface area contributed by atoms with Crippen molar-refractivity contribution in [1.82, 2.24) is 4.90 Å². The first-order valence-corrected chi connectivity index (χ1v) is 4.90. The highest BCUT2D eigenvalue weighted by molar-refractivity contribution is 4.78. The molecule has 1 rings (SSSR count). The molecule has 1 aliphatic rings. The number of nitrogens with zero attached hydrogens (tertiary/aromatic N) is 1. The van der Waals surface area contributed by atoms with Crippen molar-refractivity contribution in [2.24, 2.45) is 5.73 Å². The lowest BCUT2D eigenvalue weighted by atomic mass is 10.2. The first kappa shape index (κ1) is 9.96. The lowest BCUT2D eigenvalue weighted by Crippen LogP contribution is -2.36. The predicted octanol–water partition coefficient (Wildman–Crippen LogP) is 0.446. The SMILES string of the molecule is CCOC[C@H]1CCCN1CCN. The number of hydrogen-bond acceptors (Lipinski definition) is 3. The zero-order valence-corrected chi connectivity index (χ0v) is 7.96. The van der Waals surface area contributed by atoms with Gasteiger partial charge in [0.25, 0.3) is 0 Å². The fraction of sp³-hybridized carbons (Fsp3) is 1.00. The lowest BCUT2D eigenvalue weighted by molar-refractivity contribution is 0.0865. The van der Waals surface area contributed by atoms with Gasteiger partial charge in [-0.05, 0) is 26.3 Å². The monoisotopic (exact) mass is 172 g/mol. The fourth-order valence-electron chi connectivity index (χ4n) is 1.80. The van der Waals surface area contributed by atoms with E-state index in [4.69, 9.17) is 10.5 Å². The molecule has 3 heteroatoms. The van der Waals surface area contributed by atoms with E-state index in [-0.39, 0.29) is 0 Å². The number of nitrogens with two attached hydrogens (primary N) is 1. The van der Waals surface area contributed by atoms with Gasteiger partial charge in [-0.25, -0.2) is 0 Å². The largest absolute Gasteiger partial charge is 0.380 e. The topological polar surface area (TPSA) is 38.5 Å². The second kappa shape index (κ2) is 5.51. The Labute approximate surface area is 74.9 Å². The van der Waals surface area contributed by atoms with E-state index in [2.05, 4.69) is 4.90 Å². The highest BCUT2D eigenvalue weighted by Crippen LogP contribution is 2.16. The molecule has 0 bridgehead atoms. The van der Waals surface area contributed by atoms with Crippen molar-refractivity contribution >= 4 is 0 Å². The summed E-state index contributed by atoms with van der Waals surface area (Å²) in [5.74, 6) is 0. The fourth-order valence-corrected chi connectivity index (χ4v) is 1.80. The summed E-state index contributed by atoms with van der Waals surface area (Å²) in [5.41, 5.74) is 5.52. The van der Waals surface area contributed by atoms with Gasteiger partial charge in [0.2, 0.25) is 0 Å². The van der Waals surface area contributed by atoms with Gasteiger partial charge >= 0.3 is 0 Å². The Morgan fingerprint density at radius 1 is 1.58 bits per heavy atom. The molecule has 12 heavy (non-hydrogen) atoms. The number of ether oxygens (including phenoxy) is 1. The zero-order chi connectivity index (χ0) is 8.81. The molecular weight excluding hydrogens is 152 g/mol. The van der Waals surface area contributed by atoms with Crippen LogP contribution in [0.25, 0.3) is 0 Å². The summed E-state index contributed by atoms with van der Waals surface area (Å²) in [4.78, 5) is 2.44. The third-order valence-corrected chi connectivity index (χ3v) is 2.43. The standard InChI is InChI=1S/C9H20N2O/c1-2-12-8-9-4-3-6-11(9)7-5-10/h9H,2-8,10H2,1H3/t9-/m1/s1. The number of rotatable bonds is 5. The second-order valence-electron chi connectivity index (χ2n) is 3.28. The molecule has 0 spiro atoms. The van der Waals surface area contributed by atoms with Crippen LogP contribution in [0.2, 0.25) is 0 Å². The van der Waals surface area contributed by atoms with Crippen molar-refractivity contribution in [3.8, 4) is 0 Å². The van der Waals surface area contributed by atoms with E-state index >= 15 is 0 Å². The highest BCUT2D eigenvalue weighted by Gasteiger charge is 2.23. The van der Waals surface area contributed by atoms with Gasteiger partial charge in [-0.1, -0.05) is 0 Å². The van der Waals surface area contributed by atoms with Crippen LogP contribution in [-0.2, 0) is 4.74 Å². The molecule has 0 radical (unpaired) electrons. The first-order chi connectivity index (χ1) is 5.88. The summed E-state index contributed by atoms with van der Waals surface area (Å²) in [6.45, 7) is 6.75. The molecule has 0 aliphatic carbocycles. The Morgan fingerprint density at radius 3 is 3.08 bits per heavy atom. The third kappa shape index (κ3) is 2.73. The molecule has 2 N–H and O–H groups in total. The molecule has 0 amide bonds. The summed E-state index contributed by atoms with van der Waals surface area (Å²) >= 11 is 0. The molecule has 1 saturated heterocycles. The van der Waals surface area contributed by atoms with Gasteiger partial charge in [-0.3, -0.25) is 4.90 Å². The van der Waals surface area contributed by atoms with Gasteiger partial charge in [0, 0.05) is 25.7 Å². The van der Waals surface area contributed by atoms with Crippen LogP contribution in [0.1, 0.15) is 19.8 Å². The Hall–Kier alpha value is -0.120. The van der Waals surface area contributed by atoms with Crippen LogP contribution in [0, 0.1) is 0 Å². The minimum Gasteiger partial charge on any atom is -0.380 e. The summed E-state index contributed by atoms with van der Waals surface area (Å²) in [7, 11) is 0. The van der Waals surface area contributed by atoms with Crippen LogP contribution in [-0.4, -0.2) is 43.8 Å². The van der Waals surface area contributed by atoms with E-state index in [0.29, 0.717) is 6.04 Å². The molecule has 1 atom stereocenters. The van der Waals surface area contributed by atoms with E-state index in [0.717, 1.165) is 26.3 Å². The molecule has 0 aromatic rings. The number of likely N-dealkylation sites (tertiary alicyclic amines) is 1. The molecule has 0 unspecified atom stereocenters. The minimum absolute atomic E-state index is 0.633. The van der Waals surface area contributed by atoms with Crippen LogP contribution < -0.4 is 5.73 Å². The number of hydrogen-bond donors (Lipinski definition) is 1. The summed E-state index contributed by atoms with van der Waals surface area (Å²) in [6.07, 6.45) is 2.58. The van der Waals surface area contributed by atoms with E-state index in [1.807, 2.05) is 6.92 Å². The van der Waals surface area contributed by atoms with Gasteiger partial charge in [0.15, 0.2) is 0 Å². The van der Waals surface area contributed by atoms with E-state index in [9.17, 15) is 0 Å². The second-order valence-corrected chi connectivity index (χ2v) is 3.28. The molecular formula is C9H20N2O. The average Bonchev–Trinajstić information content (AvgIpc) is 2.50. The zero-order valence-electron chi connectivity index (χ0n) is 7.96. The van der Waals surface area contributed by atoms with E-state index in [1.54, 1.807) is 0 Å². The molecule has 72 valence electrons. The third-order valence-electron chi connectivity index (χ3n) is 2.43. The van der Waals surface area contributed by atoms with Gasteiger partial charge in [0.05, 0.1) is 6.61 Å². The van der Waals surface area contributed by atoms with Gasteiger partial charge in [0.1, 0.15) is 0 Å². The first-order valence-electron chi connectivity index (χ1n) is 4.90. The quantitative estimate of drug-likeness (QED) is 0.654. The molecule has 1 heterocycles. The van der Waals surface area contributed by atoms with E-state index < -0.39 is 0 Å². The van der Waals surface area contributed by atoms with Crippen LogP contribution in [0.15, 0.2) is 0 Å². The molecule has 0 aromatic heterocycles. The van der Waals surface area contributed by atoms with Crippen molar-refractivity contribution < 1.29 is 4.74 Å².